The molecule has 1 unspecified atom stereocenters. The van der Waals surface area contributed by atoms with E-state index in [0.29, 0.717) is 12.5 Å². The molecule has 2 nitrogen and oxygen atoms in total. The quantitative estimate of drug-likeness (QED) is 0.774. The van der Waals surface area contributed by atoms with Crippen molar-refractivity contribution < 1.29 is 4.39 Å². The molecular formula is C10H15FN2. The van der Waals surface area contributed by atoms with Crippen LogP contribution in [0.25, 0.3) is 0 Å². The van der Waals surface area contributed by atoms with E-state index in [2.05, 4.69) is 11.9 Å². The van der Waals surface area contributed by atoms with Crippen LogP contribution >= 0.6 is 0 Å². The van der Waals surface area contributed by atoms with Crippen molar-refractivity contribution in [3.05, 3.63) is 29.8 Å². The number of hydrogen-bond acceptors (Lipinski definition) is 2. The van der Waals surface area contributed by atoms with Gasteiger partial charge in [0.1, 0.15) is 5.82 Å². The van der Waals surface area contributed by atoms with E-state index in [1.807, 2.05) is 0 Å². The second kappa shape index (κ2) is 4.92. The van der Waals surface area contributed by atoms with Gasteiger partial charge in [0.05, 0.1) is 6.20 Å². The van der Waals surface area contributed by atoms with Crippen LogP contribution in [0, 0.1) is 5.82 Å². The normalized spacial score (nSPS) is 12.8. The number of halogens is 1. The van der Waals surface area contributed by atoms with Gasteiger partial charge in [-0.25, -0.2) is 4.39 Å². The van der Waals surface area contributed by atoms with Crippen molar-refractivity contribution in [3.8, 4) is 0 Å². The molecule has 3 heteroatoms. The van der Waals surface area contributed by atoms with Crippen molar-refractivity contribution in [3.63, 3.8) is 0 Å². The van der Waals surface area contributed by atoms with Gasteiger partial charge >= 0.3 is 0 Å². The van der Waals surface area contributed by atoms with Crippen LogP contribution < -0.4 is 5.73 Å². The van der Waals surface area contributed by atoms with E-state index < -0.39 is 0 Å². The lowest BCUT2D eigenvalue weighted by atomic mass is 9.98. The van der Waals surface area contributed by atoms with Crippen molar-refractivity contribution in [2.24, 2.45) is 5.73 Å². The third-order valence-corrected chi connectivity index (χ3v) is 2.18. The minimum atomic E-state index is -0.286. The summed E-state index contributed by atoms with van der Waals surface area (Å²) in [5, 5.41) is 0. The molecule has 0 aliphatic rings. The average Bonchev–Trinajstić information content (AvgIpc) is 2.16. The topological polar surface area (TPSA) is 38.9 Å². The number of pyridine rings is 1. The molecule has 13 heavy (non-hydrogen) atoms. The zero-order valence-electron chi connectivity index (χ0n) is 7.83. The van der Waals surface area contributed by atoms with E-state index in [9.17, 15) is 4.39 Å². The zero-order valence-corrected chi connectivity index (χ0v) is 7.83. The molecule has 0 bridgehead atoms. The molecule has 0 saturated heterocycles. The van der Waals surface area contributed by atoms with Gasteiger partial charge in [0.2, 0.25) is 0 Å². The van der Waals surface area contributed by atoms with Gasteiger partial charge in [-0.05, 0) is 31.5 Å². The van der Waals surface area contributed by atoms with Crippen molar-refractivity contribution >= 4 is 0 Å². The van der Waals surface area contributed by atoms with Gasteiger partial charge in [0, 0.05) is 11.6 Å². The van der Waals surface area contributed by atoms with Gasteiger partial charge in [-0.2, -0.15) is 0 Å². The lowest BCUT2D eigenvalue weighted by Crippen LogP contribution is -2.08. The Morgan fingerprint density at radius 1 is 1.54 bits per heavy atom. The summed E-state index contributed by atoms with van der Waals surface area (Å²) >= 11 is 0. The Morgan fingerprint density at radius 2 is 2.31 bits per heavy atom. The molecule has 1 aromatic heterocycles. The van der Waals surface area contributed by atoms with Gasteiger partial charge in [0.15, 0.2) is 0 Å². The number of hydrogen-bond donors (Lipinski definition) is 1. The Labute approximate surface area is 78.0 Å². The Hall–Kier alpha value is -0.960. The minimum absolute atomic E-state index is 0.286. The molecule has 0 aliphatic heterocycles. The maximum atomic E-state index is 12.6. The van der Waals surface area contributed by atoms with E-state index in [0.717, 1.165) is 18.5 Å². The van der Waals surface area contributed by atoms with Crippen LogP contribution in [0.15, 0.2) is 18.3 Å². The Kier molecular flexibility index (Phi) is 3.83. The zero-order chi connectivity index (χ0) is 9.68. The predicted molar refractivity (Wildman–Crippen MR) is 50.9 cm³/mol. The first-order chi connectivity index (χ1) is 6.27. The molecule has 1 atom stereocenters. The molecule has 0 aliphatic carbocycles. The summed E-state index contributed by atoms with van der Waals surface area (Å²) in [7, 11) is 0. The third kappa shape index (κ3) is 2.77. The van der Waals surface area contributed by atoms with Gasteiger partial charge < -0.3 is 5.73 Å². The molecule has 0 spiro atoms. The monoisotopic (exact) mass is 182 g/mol. The van der Waals surface area contributed by atoms with Crippen molar-refractivity contribution in [2.45, 2.75) is 25.7 Å². The summed E-state index contributed by atoms with van der Waals surface area (Å²) in [6.07, 6.45) is 3.17. The van der Waals surface area contributed by atoms with E-state index in [1.54, 1.807) is 6.07 Å². The maximum absolute atomic E-state index is 12.6. The van der Waals surface area contributed by atoms with E-state index in [-0.39, 0.29) is 5.82 Å². The summed E-state index contributed by atoms with van der Waals surface area (Å²) < 4.78 is 12.6. The standard InChI is InChI=1S/C10H15FN2/c1-2-8(5-6-12)10-4-3-9(11)7-13-10/h3-4,7-8H,2,5-6,12H2,1H3. The third-order valence-electron chi connectivity index (χ3n) is 2.18. The van der Waals surface area contributed by atoms with Crippen molar-refractivity contribution in [1.29, 1.82) is 0 Å². The molecule has 1 rings (SSSR count). The second-order valence-corrected chi connectivity index (χ2v) is 3.08. The number of nitrogens with two attached hydrogens (primary N) is 1. The Bertz CT molecular complexity index is 246. The van der Waals surface area contributed by atoms with E-state index >= 15 is 0 Å². The van der Waals surface area contributed by atoms with Crippen LogP contribution in [0.1, 0.15) is 31.4 Å². The summed E-state index contributed by atoms with van der Waals surface area (Å²) in [6, 6.07) is 3.18. The fourth-order valence-electron chi connectivity index (χ4n) is 1.39. The highest BCUT2D eigenvalue weighted by atomic mass is 19.1. The SMILES string of the molecule is CCC(CCN)c1ccc(F)cn1. The van der Waals surface area contributed by atoms with Crippen molar-refractivity contribution in [2.75, 3.05) is 6.54 Å². The smallest absolute Gasteiger partial charge is 0.141 e. The maximum Gasteiger partial charge on any atom is 0.141 e. The highest BCUT2D eigenvalue weighted by Gasteiger charge is 2.09. The van der Waals surface area contributed by atoms with Crippen LogP contribution in [0.2, 0.25) is 0 Å². The fourth-order valence-corrected chi connectivity index (χ4v) is 1.39. The summed E-state index contributed by atoms with van der Waals surface area (Å²) in [5.74, 6) is 0.0805. The van der Waals surface area contributed by atoms with E-state index in [4.69, 9.17) is 5.73 Å². The number of aromatic nitrogens is 1. The lowest BCUT2D eigenvalue weighted by Gasteiger charge is -2.12. The second-order valence-electron chi connectivity index (χ2n) is 3.08. The molecule has 0 fully saturated rings. The van der Waals surface area contributed by atoms with E-state index in [1.165, 1.54) is 12.3 Å². The van der Waals surface area contributed by atoms with Crippen LogP contribution in [0.4, 0.5) is 4.39 Å². The first-order valence-corrected chi connectivity index (χ1v) is 4.59. The predicted octanol–water partition coefficient (Wildman–Crippen LogP) is 2.06. The highest BCUT2D eigenvalue weighted by Crippen LogP contribution is 2.20. The van der Waals surface area contributed by atoms with Gasteiger partial charge in [0.25, 0.3) is 0 Å². The Balaban J connectivity index is 2.73. The Morgan fingerprint density at radius 3 is 2.77 bits per heavy atom. The summed E-state index contributed by atoms with van der Waals surface area (Å²) in [5.41, 5.74) is 6.41. The van der Waals surface area contributed by atoms with Crippen LogP contribution in [0.3, 0.4) is 0 Å². The number of rotatable bonds is 4. The summed E-state index contributed by atoms with van der Waals surface area (Å²) in [6.45, 7) is 2.74. The molecule has 0 amide bonds. The first-order valence-electron chi connectivity index (χ1n) is 4.59. The molecule has 0 radical (unpaired) electrons. The van der Waals surface area contributed by atoms with Crippen LogP contribution in [-0.2, 0) is 0 Å². The van der Waals surface area contributed by atoms with Crippen LogP contribution in [-0.4, -0.2) is 11.5 Å². The largest absolute Gasteiger partial charge is 0.330 e. The van der Waals surface area contributed by atoms with Crippen LogP contribution in [0.5, 0.6) is 0 Å². The average molecular weight is 182 g/mol. The molecule has 2 N–H and O–H groups in total. The highest BCUT2D eigenvalue weighted by molar-refractivity contribution is 5.10. The molecule has 0 aromatic carbocycles. The fraction of sp³-hybridized carbons (Fsp3) is 0.500. The number of nitrogens with zero attached hydrogens (tertiary/aromatic N) is 1. The minimum Gasteiger partial charge on any atom is -0.330 e. The lowest BCUT2D eigenvalue weighted by molar-refractivity contribution is 0.583. The van der Waals surface area contributed by atoms with Gasteiger partial charge in [-0.1, -0.05) is 6.92 Å². The van der Waals surface area contributed by atoms with Crippen molar-refractivity contribution in [1.82, 2.24) is 4.98 Å². The van der Waals surface area contributed by atoms with Gasteiger partial charge in [-0.3, -0.25) is 4.98 Å². The summed E-state index contributed by atoms with van der Waals surface area (Å²) in [4.78, 5) is 4.04. The van der Waals surface area contributed by atoms with Gasteiger partial charge in [-0.15, -0.1) is 0 Å². The molecule has 1 heterocycles. The molecule has 0 saturated carbocycles. The first kappa shape index (κ1) is 10.1. The molecular weight excluding hydrogens is 167 g/mol. The molecule has 1 aromatic rings. The molecule has 72 valence electrons.